The smallest absolute Gasteiger partial charge is 0.0411 e. The van der Waals surface area contributed by atoms with Crippen molar-refractivity contribution in [3.8, 4) is 0 Å². The van der Waals surface area contributed by atoms with Crippen LogP contribution in [-0.2, 0) is 0 Å². The summed E-state index contributed by atoms with van der Waals surface area (Å²) < 4.78 is 0. The third-order valence-electron chi connectivity index (χ3n) is 0. The van der Waals surface area contributed by atoms with Crippen LogP contribution in [0.3, 0.4) is 0 Å². The zero-order valence-corrected chi connectivity index (χ0v) is 25.8. The second-order valence-corrected chi connectivity index (χ2v) is 21.1. The van der Waals surface area contributed by atoms with Crippen molar-refractivity contribution in [1.82, 2.24) is 0 Å². The van der Waals surface area contributed by atoms with Gasteiger partial charge in [-0.1, -0.05) is 78.6 Å². The maximum atomic E-state index is 2.33. The standard InChI is InChI=1S/C4H12Si.2C3H10Si.C2H7Si.Rf/c1-5(2,3)4;2*1-4(2)3;1-3-2;/h1-4H3;2*4H,1-3H3;3H,1-2H3;. The number of hydrogen-bond acceptors (Lipinski definition) is 0. The van der Waals surface area contributed by atoms with Gasteiger partial charge in [-0.2, -0.15) is 0 Å². The predicted molar refractivity (Wildman–Crippen MR) is 97.6 cm³/mol. The van der Waals surface area contributed by atoms with Gasteiger partial charge in [-0.25, -0.2) is 0 Å². The average Bonchev–Trinajstić information content (AvgIpc) is 1.78. The van der Waals surface area contributed by atoms with Crippen molar-refractivity contribution in [3.63, 3.8) is 0 Å². The van der Waals surface area contributed by atoms with Crippen LogP contribution in [0.5, 0.6) is 0 Å². The molecule has 0 aromatic carbocycles. The molecular formula is C12H39RfSi4. The van der Waals surface area contributed by atoms with E-state index in [1.54, 1.807) is 0 Å². The molecule has 0 unspecified atom stereocenters. The Hall–Kier alpha value is -0.132. The molecule has 1 radical (unpaired) electrons. The zero-order chi connectivity index (χ0) is 14.4. The fraction of sp³-hybridized carbons (Fsp3) is 1.00. The van der Waals surface area contributed by atoms with Gasteiger partial charge in [0.05, 0.1) is 0 Å². The molecule has 5 heteroatoms. The molecule has 0 saturated heterocycles. The van der Waals surface area contributed by atoms with Gasteiger partial charge in [0.1, 0.15) is 0 Å². The summed E-state index contributed by atoms with van der Waals surface area (Å²) in [5.41, 5.74) is 0. The summed E-state index contributed by atoms with van der Waals surface area (Å²) in [7, 11) is -0.139. The molecule has 0 nitrogen and oxygen atoms in total. The van der Waals surface area contributed by atoms with E-state index in [1.165, 1.54) is 0 Å². The summed E-state index contributed by atoms with van der Waals surface area (Å²) in [5.74, 6) is 0. The van der Waals surface area contributed by atoms with Crippen molar-refractivity contribution < 1.29 is 0 Å². The molecule has 0 atom stereocenters. The van der Waals surface area contributed by atoms with Gasteiger partial charge in [-0.05, 0) is 0 Å². The molecule has 0 aromatic rings. The van der Waals surface area contributed by atoms with Crippen molar-refractivity contribution >= 4 is 35.2 Å². The minimum atomic E-state index is -0.611. The Morgan fingerprint density at radius 3 is 0.647 bits per heavy atom. The van der Waals surface area contributed by atoms with Crippen LogP contribution in [-0.4, -0.2) is 35.2 Å². The number of hydrogen-bond donors (Lipinski definition) is 0. The van der Waals surface area contributed by atoms with E-state index < -0.39 is 8.07 Å². The summed E-state index contributed by atoms with van der Waals surface area (Å²) in [6.45, 7) is 27.6. The first-order valence-corrected chi connectivity index (χ1v) is 19.9. The molecule has 0 aliphatic carbocycles. The molecule has 0 fully saturated rings. The van der Waals surface area contributed by atoms with Crippen LogP contribution < -0.4 is 0 Å². The van der Waals surface area contributed by atoms with Gasteiger partial charge < -0.3 is 0 Å². The van der Waals surface area contributed by atoms with Crippen LogP contribution in [0, 0.1) is 0 Å². The van der Waals surface area contributed by atoms with Gasteiger partial charge in [0.25, 0.3) is 0 Å². The molecule has 0 spiro atoms. The second-order valence-electron chi connectivity index (χ2n) is 7.04. The first-order chi connectivity index (χ1) is 6.88. The Balaban J connectivity index is -0.0000000375. The maximum absolute atomic E-state index is 2.33. The normalized spacial score (nSPS) is 8.82. The van der Waals surface area contributed by atoms with Crippen LogP contribution >= 0.6 is 0 Å². The number of rotatable bonds is 0. The quantitative estimate of drug-likeness (QED) is 0.376. The molecule has 105 valence electrons. The van der Waals surface area contributed by atoms with Gasteiger partial charge in [0.2, 0.25) is 0 Å². The van der Waals surface area contributed by atoms with Crippen LogP contribution in [0.15, 0.2) is 0 Å². The molecule has 17 heavy (non-hydrogen) atoms. The van der Waals surface area contributed by atoms with Gasteiger partial charge in [0.15, 0.2) is 0 Å². The van der Waals surface area contributed by atoms with Gasteiger partial charge in [-0.15, -0.1) is 0 Å². The summed E-state index contributed by atoms with van der Waals surface area (Å²) >= 11 is 0. The molecule has 0 N–H and O–H groups in total. The van der Waals surface area contributed by atoms with Crippen LogP contribution in [0.4, 0.5) is 0 Å². The minimum Gasteiger partial charge on any atom is -0.0743 e. The fourth-order valence-electron chi connectivity index (χ4n) is 0. The van der Waals surface area contributed by atoms with Crippen molar-refractivity contribution in [2.75, 3.05) is 0 Å². The first-order valence-electron chi connectivity index (χ1n) is 6.62. The van der Waals surface area contributed by atoms with E-state index in [4.69, 9.17) is 0 Å². The Kier molecular flexibility index (Phi) is 37.6. The van der Waals surface area contributed by atoms with E-state index in [1.807, 2.05) is 0 Å². The Morgan fingerprint density at radius 1 is 0.647 bits per heavy atom. The SMILES string of the molecule is C[SiH](C)C.C[SiH](C)C.C[SiH]C.C[Si](C)(C)C.[Rf]. The van der Waals surface area contributed by atoms with Crippen LogP contribution in [0.2, 0.25) is 78.6 Å². The Labute approximate surface area is 114 Å². The maximum Gasteiger partial charge on any atom is 0.0411 e. The summed E-state index contributed by atoms with van der Waals surface area (Å²) in [4.78, 5) is 0. The van der Waals surface area contributed by atoms with Gasteiger partial charge >= 0.3 is 0 Å². The largest absolute Gasteiger partial charge is 0.0743 e. The summed E-state index contributed by atoms with van der Waals surface area (Å²) in [5, 5.41) is 0. The van der Waals surface area contributed by atoms with Crippen molar-refractivity contribution in [3.05, 3.63) is 0 Å². The van der Waals surface area contributed by atoms with Crippen LogP contribution in [0.1, 0.15) is 0 Å². The summed E-state index contributed by atoms with van der Waals surface area (Å²) in [6, 6.07) is 0. The average molecular weight is 563 g/mol. The van der Waals surface area contributed by atoms with E-state index in [2.05, 4.69) is 78.6 Å². The topological polar surface area (TPSA) is 0 Å². The van der Waals surface area contributed by atoms with Gasteiger partial charge in [-0.3, -0.25) is 0 Å². The zero-order valence-electron chi connectivity index (χ0n) is 14.9. The monoisotopic (exact) mass is 562 g/mol. The molecule has 0 bridgehead atoms. The van der Waals surface area contributed by atoms with Crippen LogP contribution in [0.25, 0.3) is 0 Å². The molecule has 0 rings (SSSR count). The predicted octanol–water partition coefficient (Wildman–Crippen LogP) is 4.68. The molecule has 0 saturated carbocycles. The van der Waals surface area contributed by atoms with E-state index in [9.17, 15) is 0 Å². The van der Waals surface area contributed by atoms with E-state index in [0.29, 0.717) is 0 Å². The third-order valence-corrected chi connectivity index (χ3v) is 0. The minimum absolute atomic E-state index is 0. The van der Waals surface area contributed by atoms with Crippen molar-refractivity contribution in [2.24, 2.45) is 0 Å². The molecule has 0 amide bonds. The van der Waals surface area contributed by atoms with Crippen molar-refractivity contribution in [2.45, 2.75) is 78.6 Å². The first kappa shape index (κ1) is 30.2. The van der Waals surface area contributed by atoms with Crippen molar-refractivity contribution in [1.29, 1.82) is 0 Å². The molecule has 0 heterocycles. The van der Waals surface area contributed by atoms with E-state index in [0.717, 1.165) is 9.52 Å². The molecular weight excluding hydrogens is 523 g/mol. The third kappa shape index (κ3) is 174000. The Bertz CT molecular complexity index is 83.7. The van der Waals surface area contributed by atoms with Gasteiger partial charge in [0, 0.05) is 35.2 Å². The fourth-order valence-corrected chi connectivity index (χ4v) is 0. The summed E-state index contributed by atoms with van der Waals surface area (Å²) in [6.07, 6.45) is 0. The molecule has 0 aromatic heterocycles. The second kappa shape index (κ2) is 21.2. The van der Waals surface area contributed by atoms with E-state index >= 15 is 0 Å². The molecule has 0 aliphatic heterocycles. The molecule has 0 aliphatic rings. The van der Waals surface area contributed by atoms with E-state index in [-0.39, 0.29) is 17.6 Å². The Morgan fingerprint density at radius 2 is 0.647 bits per heavy atom.